The minimum Gasteiger partial charge on any atom is 0 e. The van der Waals surface area contributed by atoms with Gasteiger partial charge in [0, 0.05) is 71.0 Å². The van der Waals surface area contributed by atoms with Crippen molar-refractivity contribution in [2.24, 2.45) is 5.16 Å². The third kappa shape index (κ3) is 51.9. The Balaban J connectivity index is -0.0000000264. The van der Waals surface area contributed by atoms with Crippen molar-refractivity contribution < 1.29 is 84.9 Å². The van der Waals surface area contributed by atoms with Crippen LogP contribution in [-0.2, 0) is 74.9 Å². The fourth-order valence-corrected chi connectivity index (χ4v) is 1.27. The second-order valence-electron chi connectivity index (χ2n) is 3.64. The molecule has 0 spiro atoms. The van der Waals surface area contributed by atoms with Gasteiger partial charge >= 0.3 is 49.4 Å². The number of hydrogen-bond acceptors (Lipinski definition) is 3. The molecule has 0 saturated heterocycles. The van der Waals surface area contributed by atoms with Crippen LogP contribution in [0, 0.1) is 29.7 Å². The molecule has 0 aliphatic rings. The summed E-state index contributed by atoms with van der Waals surface area (Å²) in [5, 5.41) is 11.5. The first-order valence-corrected chi connectivity index (χ1v) is 19.4. The molecule has 2 radical (unpaired) electrons. The Morgan fingerprint density at radius 3 is 1.27 bits per heavy atom. The normalized spacial score (nSPS) is 6.52. The molecule has 0 bridgehead atoms. The van der Waals surface area contributed by atoms with Crippen molar-refractivity contribution in [3.63, 3.8) is 0 Å². The topological polar surface area (TPSA) is 49.7 Å². The van der Waals surface area contributed by atoms with E-state index >= 15 is 0 Å². The van der Waals surface area contributed by atoms with Crippen molar-refractivity contribution in [3.05, 3.63) is 101 Å². The Morgan fingerprint density at radius 2 is 1.06 bits per heavy atom. The fourth-order valence-electron chi connectivity index (χ4n) is 1.27. The predicted octanol–water partition coefficient (Wildman–Crippen LogP) is 10.1. The molecule has 2 rings (SSSR count). The number of aldehydes is 1. The number of benzene rings is 2. The molecule has 3 nitrogen and oxygen atoms in total. The first kappa shape index (κ1) is 65.0. The van der Waals surface area contributed by atoms with Crippen LogP contribution in [0.3, 0.4) is 0 Å². The smallest absolute Gasteiger partial charge is 0 e. The number of carbonyl (C=O) groups is 1. The van der Waals surface area contributed by atoms with Crippen LogP contribution >= 0.6 is 62.5 Å². The van der Waals surface area contributed by atoms with Gasteiger partial charge < -0.3 is 34.9 Å². The largest absolute Gasteiger partial charge is 0 e. The van der Waals surface area contributed by atoms with Crippen LogP contribution < -0.4 is 0 Å². The van der Waals surface area contributed by atoms with Crippen molar-refractivity contribution in [1.29, 1.82) is 0 Å². The summed E-state index contributed by atoms with van der Waals surface area (Å²) in [5.41, 5.74) is 2.32. The number of hydrogen-bond donors (Lipinski definition) is 1. The monoisotopic (exact) mass is 986 g/mol. The summed E-state index contributed by atoms with van der Waals surface area (Å²) < 4.78 is 0. The van der Waals surface area contributed by atoms with Crippen LogP contribution in [0.4, 0.5) is 0 Å². The van der Waals surface area contributed by atoms with E-state index in [1.54, 1.807) is 19.1 Å². The second kappa shape index (κ2) is 64.5. The summed E-state index contributed by atoms with van der Waals surface area (Å²) in [6, 6.07) is 18.6. The molecule has 0 unspecified atom stereocenters. The number of carbonyl (C=O) groups excluding carboxylic acids is 1. The molecule has 2 aromatic carbocycles. The van der Waals surface area contributed by atoms with Crippen LogP contribution in [0.15, 0.2) is 65.8 Å². The number of oxime groups is 1. The summed E-state index contributed by atoms with van der Waals surface area (Å²) in [5.74, 6) is 0. The Bertz CT molecular complexity index is 540. The third-order valence-corrected chi connectivity index (χ3v) is 2.28. The maximum Gasteiger partial charge on any atom is 0 e. The number of alkyl halides is 1. The van der Waals surface area contributed by atoms with Gasteiger partial charge in [0.25, 0.3) is 0 Å². The van der Waals surface area contributed by atoms with Gasteiger partial charge in [-0.05, 0) is 17.4 Å². The van der Waals surface area contributed by atoms with Gasteiger partial charge in [-0.15, -0.1) is 0 Å². The van der Waals surface area contributed by atoms with Crippen LogP contribution in [0.2, 0.25) is 0 Å². The van der Waals surface area contributed by atoms with Gasteiger partial charge in [-0.3, -0.25) is 4.79 Å². The van der Waals surface area contributed by atoms with Gasteiger partial charge in [-0.1, -0.05) is 116 Å². The van der Waals surface area contributed by atoms with Gasteiger partial charge in [0.2, 0.25) is 0 Å². The van der Waals surface area contributed by atoms with E-state index < -0.39 is 0 Å². The van der Waals surface area contributed by atoms with Crippen molar-refractivity contribution >= 4 is 74.5 Å². The SMILES string of the molecule is C/C(=N\O)c1ccccc1.CC.CC.CI.O=Cc1ccccc1.[CH3-].[CH3-].[CH3-].[CH3-].[I][V][I].[Y].[Y]. The van der Waals surface area contributed by atoms with Gasteiger partial charge in [0.15, 0.2) is 0 Å². The van der Waals surface area contributed by atoms with Gasteiger partial charge in [0.1, 0.15) is 6.29 Å². The number of halogens is 3. The van der Waals surface area contributed by atoms with E-state index in [9.17, 15) is 4.79 Å². The molecular weight excluding hydrogens is 944 g/mol. The first-order valence-electron chi connectivity index (χ1n) is 8.24. The molecular formula is C24H42I3NO2VY2-4. The predicted molar refractivity (Wildman–Crippen MR) is 169 cm³/mol. The molecule has 0 amide bonds. The zero-order chi connectivity index (χ0) is 21.9. The van der Waals surface area contributed by atoms with Crippen LogP contribution in [-0.4, -0.2) is 22.1 Å². The molecule has 0 atom stereocenters. The van der Waals surface area contributed by atoms with E-state index in [1.165, 1.54) is 0 Å². The van der Waals surface area contributed by atoms with Crippen molar-refractivity contribution in [2.45, 2.75) is 34.6 Å². The Hall–Kier alpha value is 2.56. The molecule has 9 heteroatoms. The number of nitrogens with zero attached hydrogens (tertiary/aromatic N) is 1. The average molecular weight is 986 g/mol. The molecule has 0 aliphatic carbocycles. The maximum atomic E-state index is 10.0. The van der Waals surface area contributed by atoms with Crippen LogP contribution in [0.5, 0.6) is 0 Å². The van der Waals surface area contributed by atoms with Gasteiger partial charge in [-0.2, -0.15) is 0 Å². The molecule has 191 valence electrons. The molecule has 0 fully saturated rings. The Kier molecular flexibility index (Phi) is 127. The Morgan fingerprint density at radius 1 is 0.788 bits per heavy atom. The summed E-state index contributed by atoms with van der Waals surface area (Å²) in [7, 11) is 0.628. The third-order valence-electron chi connectivity index (χ3n) is 2.28. The van der Waals surface area contributed by atoms with Gasteiger partial charge in [0.05, 0.1) is 5.71 Å². The standard InChI is InChI=1S/C8H9NO.C7H6O.2C2H6.CH3I.4CH3.2HI.V.2Y/c1-7(9-10)8-5-3-2-4-6-8;8-6-7-4-2-1-3-5-7;3*1-2;;;;;;;;;/h2-6,10H,1H3;1-6H;2*1-2H3;1H3;4*1H3;2*1H;;;/q;;;;;4*-1;;;+2;;/p-2/b9-7+;;;;;;;;;;;;;. The van der Waals surface area contributed by atoms with E-state index in [2.05, 4.69) is 67.7 Å². The Labute approximate surface area is 300 Å². The second-order valence-corrected chi connectivity index (χ2v) is 15.4. The van der Waals surface area contributed by atoms with E-state index in [1.807, 2.05) is 81.2 Å². The van der Waals surface area contributed by atoms with E-state index in [0.717, 1.165) is 17.4 Å². The molecule has 1 N–H and O–H groups in total. The fraction of sp³-hybridized carbons (Fsp3) is 0.250. The molecule has 0 aromatic heterocycles. The minimum atomic E-state index is 0. The maximum absolute atomic E-state index is 10.0. The number of rotatable bonds is 2. The molecule has 2 aromatic rings. The quantitative estimate of drug-likeness (QED) is 0.0620. The van der Waals surface area contributed by atoms with E-state index in [0.29, 0.717) is 15.2 Å². The van der Waals surface area contributed by atoms with Crippen molar-refractivity contribution in [3.8, 4) is 0 Å². The zero-order valence-corrected chi connectivity index (χ0v) is 35.4. The molecule has 0 aliphatic heterocycles. The summed E-state index contributed by atoms with van der Waals surface area (Å²) in [6.45, 7) is 9.76. The molecule has 0 saturated carbocycles. The summed E-state index contributed by atoms with van der Waals surface area (Å²) >= 11 is 6.89. The summed E-state index contributed by atoms with van der Waals surface area (Å²) in [4.78, 5) is 12.0. The van der Waals surface area contributed by atoms with Crippen LogP contribution in [0.1, 0.15) is 50.5 Å². The first-order chi connectivity index (χ1) is 13.2. The van der Waals surface area contributed by atoms with Crippen LogP contribution in [0.25, 0.3) is 0 Å². The van der Waals surface area contributed by atoms with Gasteiger partial charge in [-0.25, -0.2) is 0 Å². The van der Waals surface area contributed by atoms with Crippen molar-refractivity contribution in [1.82, 2.24) is 0 Å². The van der Waals surface area contributed by atoms with E-state index in [4.69, 9.17) is 5.21 Å². The molecule has 0 heterocycles. The average Bonchev–Trinajstić information content (AvgIpc) is 2.79. The molecule has 33 heavy (non-hydrogen) atoms. The van der Waals surface area contributed by atoms with Crippen molar-refractivity contribution in [2.75, 3.05) is 4.93 Å². The summed E-state index contributed by atoms with van der Waals surface area (Å²) in [6.07, 6.45) is 0.833. The van der Waals surface area contributed by atoms with E-state index in [-0.39, 0.29) is 95.1 Å². The minimum absolute atomic E-state index is 0. The zero-order valence-electron chi connectivity index (χ0n) is 21.9.